The summed E-state index contributed by atoms with van der Waals surface area (Å²) in [5.41, 5.74) is 5.00. The van der Waals surface area contributed by atoms with E-state index in [2.05, 4.69) is 10.1 Å². The first-order valence-corrected chi connectivity index (χ1v) is 8.38. The summed E-state index contributed by atoms with van der Waals surface area (Å²) in [5, 5.41) is 6.14. The molecule has 0 saturated heterocycles. The van der Waals surface area contributed by atoms with Crippen molar-refractivity contribution in [2.75, 3.05) is 0 Å². The summed E-state index contributed by atoms with van der Waals surface area (Å²) in [6.45, 7) is 2.28. The second-order valence-electron chi connectivity index (χ2n) is 5.34. The van der Waals surface area contributed by atoms with Gasteiger partial charge in [-0.25, -0.2) is 4.98 Å². The van der Waals surface area contributed by atoms with Crippen LogP contribution in [0.25, 0.3) is 6.08 Å². The van der Waals surface area contributed by atoms with Gasteiger partial charge >= 0.3 is 0 Å². The molecule has 2 aromatic heterocycles. The van der Waals surface area contributed by atoms with Crippen molar-refractivity contribution in [3.05, 3.63) is 69.9 Å². The molecule has 0 fully saturated rings. The molecule has 0 aliphatic carbocycles. The Kier molecular flexibility index (Phi) is 4.86. The second-order valence-corrected chi connectivity index (χ2v) is 6.06. The van der Waals surface area contributed by atoms with Crippen molar-refractivity contribution in [2.24, 2.45) is 7.05 Å². The van der Waals surface area contributed by atoms with E-state index in [1.54, 1.807) is 46.9 Å². The average molecular weight is 339 g/mol. The maximum absolute atomic E-state index is 12.2. The lowest BCUT2D eigenvalue weighted by Crippen LogP contribution is -1.95. The minimum absolute atomic E-state index is 0.0514. The quantitative estimate of drug-likeness (QED) is 0.508. The Morgan fingerprint density at radius 3 is 2.75 bits per heavy atom. The lowest BCUT2D eigenvalue weighted by Gasteiger charge is -2.04. The first-order chi connectivity index (χ1) is 11.6. The topological polar surface area (TPSA) is 57.0 Å². The van der Waals surface area contributed by atoms with Crippen LogP contribution in [0, 0.1) is 6.92 Å². The molecule has 122 valence electrons. The molecule has 3 rings (SSSR count). The largest absolute Gasteiger partial charge is 0.487 e. The molecule has 0 amide bonds. The number of carbonyl (C=O) groups excluding carboxylic acids is 1. The molecule has 0 atom stereocenters. The summed E-state index contributed by atoms with van der Waals surface area (Å²) >= 11 is 1.55. The molecule has 0 N–H and O–H groups in total. The summed E-state index contributed by atoms with van der Waals surface area (Å²) in [6, 6.07) is 7.59. The van der Waals surface area contributed by atoms with Crippen LogP contribution in [0.1, 0.15) is 27.3 Å². The molecule has 0 spiro atoms. The average Bonchev–Trinajstić information content (AvgIpc) is 3.21. The molecule has 0 unspecified atom stereocenters. The maximum atomic E-state index is 12.2. The van der Waals surface area contributed by atoms with E-state index in [1.165, 1.54) is 0 Å². The Hall–Kier alpha value is -2.73. The van der Waals surface area contributed by atoms with Crippen LogP contribution in [-0.2, 0) is 13.7 Å². The number of thiazole rings is 1. The predicted molar refractivity (Wildman–Crippen MR) is 94.2 cm³/mol. The Labute approximate surface area is 144 Å². The third-order valence-corrected chi connectivity index (χ3v) is 4.09. The molecule has 0 aliphatic rings. The van der Waals surface area contributed by atoms with Crippen LogP contribution in [-0.4, -0.2) is 20.5 Å². The van der Waals surface area contributed by atoms with Gasteiger partial charge in [-0.3, -0.25) is 9.48 Å². The van der Waals surface area contributed by atoms with E-state index in [0.717, 1.165) is 22.7 Å². The van der Waals surface area contributed by atoms with Gasteiger partial charge in [-0.15, -0.1) is 11.3 Å². The Morgan fingerprint density at radius 1 is 1.33 bits per heavy atom. The zero-order valence-corrected chi connectivity index (χ0v) is 14.3. The molecule has 0 saturated carbocycles. The summed E-state index contributed by atoms with van der Waals surface area (Å²) in [6.07, 6.45) is 5.09. The molecule has 24 heavy (non-hydrogen) atoms. The van der Waals surface area contributed by atoms with E-state index >= 15 is 0 Å². The van der Waals surface area contributed by atoms with Crippen molar-refractivity contribution in [3.8, 4) is 5.75 Å². The highest BCUT2D eigenvalue weighted by molar-refractivity contribution is 7.07. The van der Waals surface area contributed by atoms with E-state index in [-0.39, 0.29) is 5.78 Å². The summed E-state index contributed by atoms with van der Waals surface area (Å²) in [4.78, 5) is 16.4. The number of aromatic nitrogens is 3. The van der Waals surface area contributed by atoms with E-state index in [0.29, 0.717) is 12.2 Å². The fourth-order valence-electron chi connectivity index (χ4n) is 2.24. The van der Waals surface area contributed by atoms with Gasteiger partial charge in [-0.05, 0) is 30.7 Å². The van der Waals surface area contributed by atoms with Crippen LogP contribution in [0.4, 0.5) is 0 Å². The van der Waals surface area contributed by atoms with Gasteiger partial charge < -0.3 is 4.74 Å². The van der Waals surface area contributed by atoms with Crippen molar-refractivity contribution in [1.29, 1.82) is 0 Å². The fourth-order valence-corrected chi connectivity index (χ4v) is 2.79. The monoisotopic (exact) mass is 339 g/mol. The van der Waals surface area contributed by atoms with Crippen molar-refractivity contribution >= 4 is 23.2 Å². The summed E-state index contributed by atoms with van der Waals surface area (Å²) < 4.78 is 7.30. The molecule has 6 heteroatoms. The predicted octanol–water partition coefficient (Wildman–Crippen LogP) is 3.66. The van der Waals surface area contributed by atoms with Crippen LogP contribution in [0.15, 0.2) is 47.4 Å². The van der Waals surface area contributed by atoms with Crippen LogP contribution in [0.5, 0.6) is 5.75 Å². The minimum atomic E-state index is -0.0514. The van der Waals surface area contributed by atoms with Crippen LogP contribution in [0.3, 0.4) is 0 Å². The van der Waals surface area contributed by atoms with Gasteiger partial charge in [-0.2, -0.15) is 5.10 Å². The number of rotatable bonds is 6. The smallest absolute Gasteiger partial charge is 0.189 e. The van der Waals surface area contributed by atoms with Gasteiger partial charge in [0, 0.05) is 18.6 Å². The van der Waals surface area contributed by atoms with Crippen molar-refractivity contribution in [1.82, 2.24) is 14.8 Å². The molecule has 5 nitrogen and oxygen atoms in total. The van der Waals surface area contributed by atoms with Crippen molar-refractivity contribution < 1.29 is 9.53 Å². The number of hydrogen-bond donors (Lipinski definition) is 0. The number of benzene rings is 1. The molecular weight excluding hydrogens is 322 g/mol. The number of carbonyl (C=O) groups is 1. The molecule has 2 heterocycles. The number of ketones is 1. The number of nitrogens with zero attached hydrogens (tertiary/aromatic N) is 3. The van der Waals surface area contributed by atoms with E-state index in [4.69, 9.17) is 4.74 Å². The number of hydrogen-bond acceptors (Lipinski definition) is 5. The normalized spacial score (nSPS) is 11.1. The van der Waals surface area contributed by atoms with Crippen molar-refractivity contribution in [3.63, 3.8) is 0 Å². The highest BCUT2D eigenvalue weighted by atomic mass is 32.1. The molecule has 1 aromatic carbocycles. The van der Waals surface area contributed by atoms with E-state index in [9.17, 15) is 4.79 Å². The zero-order chi connectivity index (χ0) is 16.9. The Morgan fingerprint density at radius 2 is 2.12 bits per heavy atom. The van der Waals surface area contributed by atoms with Gasteiger partial charge in [0.1, 0.15) is 12.4 Å². The number of ether oxygens (including phenoxy) is 1. The molecule has 0 radical (unpaired) electrons. The fraction of sp³-hybridized carbons (Fsp3) is 0.167. The highest BCUT2D eigenvalue weighted by Gasteiger charge is 2.09. The highest BCUT2D eigenvalue weighted by Crippen LogP contribution is 2.16. The minimum Gasteiger partial charge on any atom is -0.487 e. The first kappa shape index (κ1) is 16.1. The number of allylic oxidation sites excluding steroid dienone is 1. The van der Waals surface area contributed by atoms with Crippen LogP contribution < -0.4 is 4.74 Å². The zero-order valence-electron chi connectivity index (χ0n) is 13.5. The number of aryl methyl sites for hydroxylation is 2. The lowest BCUT2D eigenvalue weighted by molar-refractivity contribution is 0.104. The molecule has 0 bridgehead atoms. The van der Waals surface area contributed by atoms with Crippen molar-refractivity contribution in [2.45, 2.75) is 13.5 Å². The Bertz CT molecular complexity index is 849. The lowest BCUT2D eigenvalue weighted by atomic mass is 10.1. The van der Waals surface area contributed by atoms with Gasteiger partial charge in [-0.1, -0.05) is 18.2 Å². The van der Waals surface area contributed by atoms with Gasteiger partial charge in [0.15, 0.2) is 5.78 Å². The third-order valence-electron chi connectivity index (χ3n) is 3.46. The molecular formula is C18H17N3O2S. The maximum Gasteiger partial charge on any atom is 0.189 e. The summed E-state index contributed by atoms with van der Waals surface area (Å²) in [5.74, 6) is 0.721. The van der Waals surface area contributed by atoms with E-state index in [1.807, 2.05) is 36.6 Å². The van der Waals surface area contributed by atoms with Gasteiger partial charge in [0.2, 0.25) is 0 Å². The van der Waals surface area contributed by atoms with Crippen LogP contribution in [0.2, 0.25) is 0 Å². The Balaban J connectivity index is 1.61. The standard InChI is InChI=1S/C18H17N3O2S/c1-13-17(9-21(2)20-13)18(22)8-5-14-3-6-16(7-4-14)23-10-15-11-24-12-19-15/h3-9,11-12H,10H2,1-2H3. The van der Waals surface area contributed by atoms with Gasteiger partial charge in [0.25, 0.3) is 0 Å². The van der Waals surface area contributed by atoms with E-state index < -0.39 is 0 Å². The van der Waals surface area contributed by atoms with Gasteiger partial charge in [0.05, 0.1) is 22.5 Å². The third kappa shape index (κ3) is 3.97. The summed E-state index contributed by atoms with van der Waals surface area (Å²) in [7, 11) is 1.80. The first-order valence-electron chi connectivity index (χ1n) is 7.44. The van der Waals surface area contributed by atoms with Crippen LogP contribution >= 0.6 is 11.3 Å². The molecule has 3 aromatic rings. The molecule has 0 aliphatic heterocycles. The SMILES string of the molecule is Cc1nn(C)cc1C(=O)C=Cc1ccc(OCc2cscn2)cc1. The second kappa shape index (κ2) is 7.23.